The van der Waals surface area contributed by atoms with Gasteiger partial charge in [0, 0.05) is 19.3 Å². The fourth-order valence-electron chi connectivity index (χ4n) is 2.96. The molecule has 0 aromatic heterocycles. The van der Waals surface area contributed by atoms with E-state index in [9.17, 15) is 14.4 Å². The Morgan fingerprint density at radius 2 is 1.58 bits per heavy atom. The summed E-state index contributed by atoms with van der Waals surface area (Å²) < 4.78 is 0. The van der Waals surface area contributed by atoms with Crippen molar-refractivity contribution in [2.75, 3.05) is 18.0 Å². The molecule has 0 atom stereocenters. The molecule has 0 bridgehead atoms. The minimum absolute atomic E-state index is 0.0299. The monoisotopic (exact) mass is 329 g/mol. The van der Waals surface area contributed by atoms with Gasteiger partial charge in [-0.15, -0.1) is 0 Å². The van der Waals surface area contributed by atoms with Crippen LogP contribution in [-0.2, 0) is 9.59 Å². The van der Waals surface area contributed by atoms with Gasteiger partial charge in [-0.05, 0) is 45.7 Å². The van der Waals surface area contributed by atoms with Gasteiger partial charge in [0.2, 0.25) is 0 Å². The Kier molecular flexibility index (Phi) is 5.07. The lowest BCUT2D eigenvalue weighted by molar-refractivity contribution is -0.122. The first-order valence-corrected chi connectivity index (χ1v) is 8.03. The maximum atomic E-state index is 12.9. The van der Waals surface area contributed by atoms with E-state index < -0.39 is 17.8 Å². The van der Waals surface area contributed by atoms with Gasteiger partial charge in [0.1, 0.15) is 5.57 Å². The number of hydrogen-bond donors (Lipinski definition) is 1. The Hall–Kier alpha value is -2.63. The van der Waals surface area contributed by atoms with Crippen molar-refractivity contribution in [2.45, 2.75) is 34.6 Å². The van der Waals surface area contributed by atoms with Crippen LogP contribution in [0.4, 0.5) is 10.5 Å². The first-order valence-electron chi connectivity index (χ1n) is 8.03. The summed E-state index contributed by atoms with van der Waals surface area (Å²) in [5.41, 5.74) is 3.17. The number of nitrogens with zero attached hydrogens (tertiary/aromatic N) is 2. The maximum absolute atomic E-state index is 12.9. The van der Waals surface area contributed by atoms with Crippen LogP contribution in [0.25, 0.3) is 0 Å². The van der Waals surface area contributed by atoms with Crippen molar-refractivity contribution in [3.8, 4) is 0 Å². The van der Waals surface area contributed by atoms with Gasteiger partial charge in [-0.1, -0.05) is 17.7 Å². The third-order valence-corrected chi connectivity index (χ3v) is 4.08. The molecule has 0 unspecified atom stereocenters. The van der Waals surface area contributed by atoms with Crippen molar-refractivity contribution in [3.63, 3.8) is 0 Å². The zero-order valence-electron chi connectivity index (χ0n) is 14.8. The number of nitrogens with one attached hydrogen (secondary N) is 1. The van der Waals surface area contributed by atoms with Crippen LogP contribution in [0.3, 0.4) is 0 Å². The third-order valence-electron chi connectivity index (χ3n) is 4.08. The van der Waals surface area contributed by atoms with Crippen LogP contribution in [0.15, 0.2) is 23.9 Å². The standard InChI is InChI=1S/C18H23N3O3/c1-6-20(7-2)10-14-16(22)19-18(24)21(17(14)23)15-12(4)8-11(3)9-13(15)5/h8-10H,6-7H2,1-5H3,(H,19,22,24)/b14-10+. The van der Waals surface area contributed by atoms with E-state index in [0.29, 0.717) is 18.8 Å². The van der Waals surface area contributed by atoms with Gasteiger partial charge in [0.05, 0.1) is 5.69 Å². The number of anilines is 1. The van der Waals surface area contributed by atoms with Gasteiger partial charge in [-0.25, -0.2) is 9.69 Å². The molecule has 0 saturated carbocycles. The maximum Gasteiger partial charge on any atom is 0.335 e. The van der Waals surface area contributed by atoms with Crippen molar-refractivity contribution in [3.05, 3.63) is 40.6 Å². The summed E-state index contributed by atoms with van der Waals surface area (Å²) in [6, 6.07) is 3.11. The quantitative estimate of drug-likeness (QED) is 0.680. The number of barbiturate groups is 1. The molecule has 1 aromatic carbocycles. The summed E-state index contributed by atoms with van der Waals surface area (Å²) in [7, 11) is 0. The van der Waals surface area contributed by atoms with Crippen LogP contribution in [0.2, 0.25) is 0 Å². The molecule has 1 fully saturated rings. The second kappa shape index (κ2) is 6.86. The molecule has 1 heterocycles. The first-order chi connectivity index (χ1) is 11.3. The molecular weight excluding hydrogens is 306 g/mol. The lowest BCUT2D eigenvalue weighted by Crippen LogP contribution is -2.55. The number of amides is 4. The Bertz CT molecular complexity index is 710. The molecule has 1 aromatic rings. The van der Waals surface area contributed by atoms with Gasteiger partial charge >= 0.3 is 6.03 Å². The topological polar surface area (TPSA) is 69.7 Å². The summed E-state index contributed by atoms with van der Waals surface area (Å²) in [4.78, 5) is 40.2. The van der Waals surface area contributed by atoms with Crippen molar-refractivity contribution in [1.29, 1.82) is 0 Å². The molecular formula is C18H23N3O3. The Labute approximate surface area is 142 Å². The molecule has 24 heavy (non-hydrogen) atoms. The SMILES string of the molecule is CCN(/C=C1\C(=O)NC(=O)N(c2c(C)cc(C)cc2C)C1=O)CC. The number of hydrogen-bond acceptors (Lipinski definition) is 4. The van der Waals surface area contributed by atoms with Crippen LogP contribution in [0.1, 0.15) is 30.5 Å². The molecule has 0 radical (unpaired) electrons. The van der Waals surface area contributed by atoms with E-state index in [1.54, 1.807) is 0 Å². The van der Waals surface area contributed by atoms with Gasteiger partial charge in [-0.3, -0.25) is 14.9 Å². The van der Waals surface area contributed by atoms with Gasteiger partial charge in [0.25, 0.3) is 11.8 Å². The minimum atomic E-state index is -0.711. The highest BCUT2D eigenvalue weighted by molar-refractivity contribution is 6.37. The average molecular weight is 329 g/mol. The van der Waals surface area contributed by atoms with Crippen molar-refractivity contribution in [2.24, 2.45) is 0 Å². The molecule has 2 rings (SSSR count). The van der Waals surface area contributed by atoms with E-state index in [1.807, 2.05) is 51.7 Å². The van der Waals surface area contributed by atoms with Crippen LogP contribution in [-0.4, -0.2) is 35.8 Å². The second-order valence-corrected chi connectivity index (χ2v) is 5.91. The number of rotatable bonds is 4. The molecule has 6 nitrogen and oxygen atoms in total. The highest BCUT2D eigenvalue weighted by Gasteiger charge is 2.38. The first kappa shape index (κ1) is 17.7. The lowest BCUT2D eigenvalue weighted by atomic mass is 10.0. The zero-order valence-corrected chi connectivity index (χ0v) is 14.8. The largest absolute Gasteiger partial charge is 0.377 e. The van der Waals surface area contributed by atoms with Crippen LogP contribution >= 0.6 is 0 Å². The summed E-state index contributed by atoms with van der Waals surface area (Å²) in [5.74, 6) is -1.25. The van der Waals surface area contributed by atoms with Gasteiger partial charge < -0.3 is 4.90 Å². The number of carbonyl (C=O) groups excluding carboxylic acids is 3. The third kappa shape index (κ3) is 3.18. The fraction of sp³-hybridized carbons (Fsp3) is 0.389. The van der Waals surface area contributed by atoms with Crippen LogP contribution < -0.4 is 10.2 Å². The molecule has 4 amide bonds. The van der Waals surface area contributed by atoms with E-state index in [0.717, 1.165) is 21.6 Å². The van der Waals surface area contributed by atoms with Crippen molar-refractivity contribution >= 4 is 23.5 Å². The number of urea groups is 1. The van der Waals surface area contributed by atoms with E-state index >= 15 is 0 Å². The lowest BCUT2D eigenvalue weighted by Gasteiger charge is -2.30. The number of imide groups is 2. The van der Waals surface area contributed by atoms with Gasteiger partial charge in [0.15, 0.2) is 0 Å². The summed E-state index contributed by atoms with van der Waals surface area (Å²) in [6.45, 7) is 10.8. The molecule has 1 N–H and O–H groups in total. The molecule has 128 valence electrons. The predicted octanol–water partition coefficient (Wildman–Crippen LogP) is 2.42. The highest BCUT2D eigenvalue weighted by Crippen LogP contribution is 2.29. The molecule has 1 aliphatic heterocycles. The molecule has 6 heteroatoms. The number of aryl methyl sites for hydroxylation is 3. The summed E-state index contributed by atoms with van der Waals surface area (Å²) in [6.07, 6.45) is 1.52. The molecule has 1 saturated heterocycles. The molecule has 1 aliphatic rings. The van der Waals surface area contributed by atoms with E-state index in [1.165, 1.54) is 6.20 Å². The van der Waals surface area contributed by atoms with E-state index in [2.05, 4.69) is 5.32 Å². The van der Waals surface area contributed by atoms with Gasteiger partial charge in [-0.2, -0.15) is 0 Å². The molecule has 0 aliphatic carbocycles. The van der Waals surface area contributed by atoms with Crippen LogP contribution in [0.5, 0.6) is 0 Å². The molecule has 0 spiro atoms. The van der Waals surface area contributed by atoms with E-state index in [-0.39, 0.29) is 5.57 Å². The fourth-order valence-corrected chi connectivity index (χ4v) is 2.96. The summed E-state index contributed by atoms with van der Waals surface area (Å²) in [5, 5.41) is 2.26. The highest BCUT2D eigenvalue weighted by atomic mass is 16.2. The minimum Gasteiger partial charge on any atom is -0.377 e. The Morgan fingerprint density at radius 3 is 2.08 bits per heavy atom. The average Bonchev–Trinajstić information content (AvgIpc) is 2.49. The predicted molar refractivity (Wildman–Crippen MR) is 92.7 cm³/mol. The van der Waals surface area contributed by atoms with E-state index in [4.69, 9.17) is 0 Å². The summed E-state index contributed by atoms with van der Waals surface area (Å²) >= 11 is 0. The van der Waals surface area contributed by atoms with Crippen LogP contribution in [0, 0.1) is 20.8 Å². The Morgan fingerprint density at radius 1 is 1.04 bits per heavy atom. The van der Waals surface area contributed by atoms with Crippen molar-refractivity contribution < 1.29 is 14.4 Å². The number of carbonyl (C=O) groups is 3. The number of benzene rings is 1. The zero-order chi connectivity index (χ0) is 18.0. The van der Waals surface area contributed by atoms with Crippen molar-refractivity contribution in [1.82, 2.24) is 10.2 Å². The smallest absolute Gasteiger partial charge is 0.335 e. The Balaban J connectivity index is 2.53. The second-order valence-electron chi connectivity index (χ2n) is 5.91. The normalized spacial score (nSPS) is 16.6.